The summed E-state index contributed by atoms with van der Waals surface area (Å²) in [5.74, 6) is -0.328. The van der Waals surface area contributed by atoms with Crippen molar-refractivity contribution >= 4 is 44.1 Å². The first kappa shape index (κ1) is 18.1. The summed E-state index contributed by atoms with van der Waals surface area (Å²) in [5.41, 5.74) is 1.15. The van der Waals surface area contributed by atoms with Crippen LogP contribution in [-0.4, -0.2) is 26.4 Å². The number of amides is 1. The van der Waals surface area contributed by atoms with Crippen molar-refractivity contribution in [1.82, 2.24) is 4.98 Å². The van der Waals surface area contributed by atoms with Crippen LogP contribution in [0.4, 0.5) is 5.69 Å². The van der Waals surface area contributed by atoms with Crippen LogP contribution >= 0.6 is 11.6 Å². The van der Waals surface area contributed by atoms with E-state index in [1.54, 1.807) is 24.3 Å². The number of anilines is 1. The summed E-state index contributed by atoms with van der Waals surface area (Å²) < 4.78 is 28.3. The van der Waals surface area contributed by atoms with Crippen LogP contribution < -0.4 is 15.2 Å². The molecule has 1 heterocycles. The van der Waals surface area contributed by atoms with Gasteiger partial charge in [0, 0.05) is 16.6 Å². The second-order valence-corrected chi connectivity index (χ2v) is 7.38. The standard InChI is InChI=1S/C17H14ClN3O4S/c1-25-16-5-3-11(26(19,23)24)9-13(16)17(22)21-14-6-7-20-15-8-10(18)2-4-12(14)15/h2-9H,1H3,(H2,19,23,24)(H,20,21,22). The summed E-state index contributed by atoms with van der Waals surface area (Å²) in [6.45, 7) is 0. The molecule has 3 rings (SSSR count). The first-order valence-electron chi connectivity index (χ1n) is 7.36. The second kappa shape index (κ2) is 6.91. The van der Waals surface area contributed by atoms with E-state index >= 15 is 0 Å². The van der Waals surface area contributed by atoms with Crippen molar-refractivity contribution in [2.24, 2.45) is 5.14 Å². The topological polar surface area (TPSA) is 111 Å². The van der Waals surface area contributed by atoms with Crippen LogP contribution in [0.2, 0.25) is 5.02 Å². The minimum Gasteiger partial charge on any atom is -0.496 e. The first-order chi connectivity index (χ1) is 12.3. The molecule has 1 amide bonds. The number of nitrogens with two attached hydrogens (primary N) is 1. The Kier molecular flexibility index (Phi) is 4.82. The van der Waals surface area contributed by atoms with Crippen molar-refractivity contribution in [1.29, 1.82) is 0 Å². The van der Waals surface area contributed by atoms with Crippen molar-refractivity contribution in [3.8, 4) is 5.75 Å². The number of rotatable bonds is 4. The van der Waals surface area contributed by atoms with Crippen molar-refractivity contribution in [2.75, 3.05) is 12.4 Å². The molecule has 1 aromatic heterocycles. The molecule has 7 nitrogen and oxygen atoms in total. The fourth-order valence-electron chi connectivity index (χ4n) is 2.46. The van der Waals surface area contributed by atoms with Crippen LogP contribution in [0.25, 0.3) is 10.9 Å². The lowest BCUT2D eigenvalue weighted by molar-refractivity contribution is 0.102. The lowest BCUT2D eigenvalue weighted by Crippen LogP contribution is -2.17. The third-order valence-electron chi connectivity index (χ3n) is 3.70. The van der Waals surface area contributed by atoms with E-state index in [1.165, 1.54) is 31.5 Å². The number of sulfonamides is 1. The van der Waals surface area contributed by atoms with Crippen molar-refractivity contribution in [3.63, 3.8) is 0 Å². The van der Waals surface area contributed by atoms with E-state index < -0.39 is 15.9 Å². The van der Waals surface area contributed by atoms with E-state index in [0.717, 1.165) is 0 Å². The lowest BCUT2D eigenvalue weighted by atomic mass is 10.1. The van der Waals surface area contributed by atoms with Gasteiger partial charge in [-0.1, -0.05) is 11.6 Å². The molecule has 0 saturated carbocycles. The number of carbonyl (C=O) groups is 1. The van der Waals surface area contributed by atoms with Gasteiger partial charge >= 0.3 is 0 Å². The maximum absolute atomic E-state index is 12.7. The van der Waals surface area contributed by atoms with Crippen molar-refractivity contribution in [2.45, 2.75) is 4.90 Å². The molecule has 3 N–H and O–H groups in total. The molecular formula is C17H14ClN3O4S. The zero-order valence-corrected chi connectivity index (χ0v) is 15.1. The monoisotopic (exact) mass is 391 g/mol. The van der Waals surface area contributed by atoms with E-state index in [1.807, 2.05) is 0 Å². The number of carbonyl (C=O) groups excluding carboxylic acids is 1. The van der Waals surface area contributed by atoms with E-state index in [-0.39, 0.29) is 16.2 Å². The van der Waals surface area contributed by atoms with E-state index in [2.05, 4.69) is 10.3 Å². The highest BCUT2D eigenvalue weighted by molar-refractivity contribution is 7.89. The number of primary sulfonamides is 1. The zero-order chi connectivity index (χ0) is 18.9. The van der Waals surface area contributed by atoms with Gasteiger partial charge in [-0.15, -0.1) is 0 Å². The van der Waals surface area contributed by atoms with Gasteiger partial charge in [-0.2, -0.15) is 0 Å². The van der Waals surface area contributed by atoms with E-state index in [4.69, 9.17) is 21.5 Å². The molecule has 3 aromatic rings. The third kappa shape index (κ3) is 3.62. The molecular weight excluding hydrogens is 378 g/mol. The molecule has 2 aromatic carbocycles. The smallest absolute Gasteiger partial charge is 0.259 e. The molecule has 0 fully saturated rings. The van der Waals surface area contributed by atoms with Crippen LogP contribution in [0.3, 0.4) is 0 Å². The molecule has 9 heteroatoms. The zero-order valence-electron chi connectivity index (χ0n) is 13.6. The summed E-state index contributed by atoms with van der Waals surface area (Å²) >= 11 is 5.96. The van der Waals surface area contributed by atoms with Crippen LogP contribution in [0.1, 0.15) is 10.4 Å². The van der Waals surface area contributed by atoms with Gasteiger partial charge in [-0.25, -0.2) is 13.6 Å². The number of ether oxygens (including phenoxy) is 1. The fraction of sp³-hybridized carbons (Fsp3) is 0.0588. The van der Waals surface area contributed by atoms with Crippen LogP contribution in [0, 0.1) is 0 Å². The number of pyridine rings is 1. The molecule has 26 heavy (non-hydrogen) atoms. The average Bonchev–Trinajstić information content (AvgIpc) is 2.60. The number of hydrogen-bond acceptors (Lipinski definition) is 5. The van der Waals surface area contributed by atoms with Gasteiger partial charge in [0.15, 0.2) is 0 Å². The molecule has 0 spiro atoms. The second-order valence-electron chi connectivity index (χ2n) is 5.38. The van der Waals surface area contributed by atoms with Gasteiger partial charge in [0.1, 0.15) is 5.75 Å². The highest BCUT2D eigenvalue weighted by Crippen LogP contribution is 2.27. The van der Waals surface area contributed by atoms with E-state index in [0.29, 0.717) is 21.6 Å². The van der Waals surface area contributed by atoms with E-state index in [9.17, 15) is 13.2 Å². The number of benzene rings is 2. The molecule has 0 atom stereocenters. The molecule has 0 saturated heterocycles. The first-order valence-corrected chi connectivity index (χ1v) is 9.28. The van der Waals surface area contributed by atoms with Crippen molar-refractivity contribution in [3.05, 3.63) is 59.2 Å². The number of nitrogens with zero attached hydrogens (tertiary/aromatic N) is 1. The molecule has 134 valence electrons. The number of aromatic nitrogens is 1. The Hall–Kier alpha value is -2.68. The summed E-state index contributed by atoms with van der Waals surface area (Å²) in [5, 5.41) is 9.08. The number of hydrogen-bond donors (Lipinski definition) is 2. The van der Waals surface area contributed by atoms with Gasteiger partial charge < -0.3 is 10.1 Å². The molecule has 0 unspecified atom stereocenters. The van der Waals surface area contributed by atoms with Crippen LogP contribution in [0.15, 0.2) is 53.6 Å². The SMILES string of the molecule is COc1ccc(S(N)(=O)=O)cc1C(=O)Nc1ccnc2cc(Cl)ccc12. The minimum atomic E-state index is -3.96. The molecule has 0 bridgehead atoms. The quantitative estimate of drug-likeness (QED) is 0.710. The summed E-state index contributed by atoms with van der Waals surface area (Å²) in [6.07, 6.45) is 1.53. The minimum absolute atomic E-state index is 0.0398. The Labute approximate surface area is 154 Å². The summed E-state index contributed by atoms with van der Waals surface area (Å²) in [4.78, 5) is 16.7. The predicted octanol–water partition coefficient (Wildman–Crippen LogP) is 2.80. The molecule has 0 aliphatic carbocycles. The fourth-order valence-corrected chi connectivity index (χ4v) is 3.17. The largest absolute Gasteiger partial charge is 0.496 e. The van der Waals surface area contributed by atoms with Crippen LogP contribution in [0.5, 0.6) is 5.75 Å². The highest BCUT2D eigenvalue weighted by Gasteiger charge is 2.18. The molecule has 0 aliphatic rings. The normalized spacial score (nSPS) is 11.3. The average molecular weight is 392 g/mol. The Morgan fingerprint density at radius 1 is 1.19 bits per heavy atom. The Morgan fingerprint density at radius 2 is 1.96 bits per heavy atom. The highest BCUT2D eigenvalue weighted by atomic mass is 35.5. The number of halogens is 1. The maximum Gasteiger partial charge on any atom is 0.259 e. The van der Waals surface area contributed by atoms with Crippen molar-refractivity contribution < 1.29 is 17.9 Å². The lowest BCUT2D eigenvalue weighted by Gasteiger charge is -2.12. The van der Waals surface area contributed by atoms with Gasteiger partial charge in [0.25, 0.3) is 5.91 Å². The van der Waals surface area contributed by atoms with Gasteiger partial charge in [-0.05, 0) is 42.5 Å². The maximum atomic E-state index is 12.7. The van der Waals surface area contributed by atoms with Crippen LogP contribution in [-0.2, 0) is 10.0 Å². The number of methoxy groups -OCH3 is 1. The Morgan fingerprint density at radius 3 is 2.65 bits per heavy atom. The third-order valence-corrected chi connectivity index (χ3v) is 4.84. The summed E-state index contributed by atoms with van der Waals surface area (Å²) in [7, 11) is -2.57. The number of fused-ring (bicyclic) bond motifs is 1. The Bertz CT molecular complexity index is 1120. The Balaban J connectivity index is 2.03. The van der Waals surface area contributed by atoms with Gasteiger partial charge in [0.05, 0.1) is 28.8 Å². The number of nitrogens with one attached hydrogen (secondary N) is 1. The summed E-state index contributed by atoms with van der Waals surface area (Å²) in [6, 6.07) is 10.5. The van der Waals surface area contributed by atoms with Gasteiger partial charge in [-0.3, -0.25) is 9.78 Å². The predicted molar refractivity (Wildman–Crippen MR) is 99.1 cm³/mol. The molecule has 0 radical (unpaired) electrons. The van der Waals surface area contributed by atoms with Gasteiger partial charge in [0.2, 0.25) is 10.0 Å². The molecule has 0 aliphatic heterocycles.